The van der Waals surface area contributed by atoms with Gasteiger partial charge in [0, 0.05) is 6.42 Å². The molecule has 1 amide bonds. The number of rotatable bonds is 37. The van der Waals surface area contributed by atoms with Gasteiger partial charge in [-0.2, -0.15) is 0 Å². The summed E-state index contributed by atoms with van der Waals surface area (Å²) in [4.78, 5) is 25.2. The third-order valence-electron chi connectivity index (χ3n) is 9.08. The number of allylic oxidation sites excluding steroid dienone is 7. The standard InChI is InChI=1S/C43H81N2O6P/c1-6-8-10-12-14-16-17-18-19-20-21-22-23-24-25-26-27-29-31-33-35-37-43(47)44-41(40-51-52(48,49)50-39-38-45(3,4)5)42(46)36-34-32-30-28-15-13-11-9-7-2/h7,9,15,22-23,28,34,36,41-42,46H,6,8,10-14,16-21,24-27,29-33,35,37-40H2,1-5H3,(H-,44,47,48,49)/b9-7+,23-22-,28-15+,36-34+. The zero-order valence-corrected chi connectivity index (χ0v) is 35.1. The molecule has 0 saturated heterocycles. The van der Waals surface area contributed by atoms with E-state index in [1.807, 2.05) is 40.2 Å². The number of aliphatic hydroxyl groups excluding tert-OH is 1. The van der Waals surface area contributed by atoms with Crippen LogP contribution in [0.5, 0.6) is 0 Å². The van der Waals surface area contributed by atoms with Crippen LogP contribution in [0, 0.1) is 0 Å². The van der Waals surface area contributed by atoms with Crippen LogP contribution < -0.4 is 10.2 Å². The van der Waals surface area contributed by atoms with E-state index in [2.05, 4.69) is 42.6 Å². The van der Waals surface area contributed by atoms with Crippen molar-refractivity contribution in [1.29, 1.82) is 0 Å². The first kappa shape index (κ1) is 50.5. The summed E-state index contributed by atoms with van der Waals surface area (Å²) in [6.45, 7) is 4.36. The van der Waals surface area contributed by atoms with E-state index < -0.39 is 26.6 Å². The summed E-state index contributed by atoms with van der Waals surface area (Å²) >= 11 is 0. The molecular formula is C43H81N2O6P. The highest BCUT2D eigenvalue weighted by Crippen LogP contribution is 2.38. The lowest BCUT2D eigenvalue weighted by atomic mass is 10.1. The number of unbranched alkanes of at least 4 members (excludes halogenated alkanes) is 19. The van der Waals surface area contributed by atoms with E-state index in [0.29, 0.717) is 17.4 Å². The molecule has 0 spiro atoms. The number of carbonyl (C=O) groups is 1. The van der Waals surface area contributed by atoms with Crippen molar-refractivity contribution < 1.29 is 32.9 Å². The van der Waals surface area contributed by atoms with Crippen LogP contribution >= 0.6 is 7.82 Å². The van der Waals surface area contributed by atoms with Crippen LogP contribution in [0.3, 0.4) is 0 Å². The molecule has 3 atom stereocenters. The number of quaternary nitrogens is 1. The summed E-state index contributed by atoms with van der Waals surface area (Å²) in [5.74, 6) is -0.221. The minimum Gasteiger partial charge on any atom is -0.756 e. The van der Waals surface area contributed by atoms with Gasteiger partial charge in [-0.3, -0.25) is 9.36 Å². The summed E-state index contributed by atoms with van der Waals surface area (Å²) in [5.41, 5.74) is 0. The fraction of sp³-hybridized carbons (Fsp3) is 0.791. The van der Waals surface area contributed by atoms with Crippen LogP contribution in [0.25, 0.3) is 0 Å². The van der Waals surface area contributed by atoms with Gasteiger partial charge >= 0.3 is 0 Å². The monoisotopic (exact) mass is 753 g/mol. The molecule has 0 heterocycles. The molecule has 52 heavy (non-hydrogen) atoms. The summed E-state index contributed by atoms with van der Waals surface area (Å²) in [6.07, 6.45) is 43.3. The Labute approximate surface area is 320 Å². The average Bonchev–Trinajstić information content (AvgIpc) is 3.09. The van der Waals surface area contributed by atoms with Crippen molar-refractivity contribution in [2.45, 2.75) is 180 Å². The molecule has 304 valence electrons. The van der Waals surface area contributed by atoms with E-state index in [1.165, 1.54) is 103 Å². The number of phosphoric ester groups is 1. The van der Waals surface area contributed by atoms with Gasteiger partial charge in [0.25, 0.3) is 7.82 Å². The highest BCUT2D eigenvalue weighted by molar-refractivity contribution is 7.45. The Morgan fingerprint density at radius 3 is 1.67 bits per heavy atom. The number of hydrogen-bond acceptors (Lipinski definition) is 6. The Balaban J connectivity index is 4.31. The maximum absolute atomic E-state index is 12.8. The molecule has 0 radical (unpaired) electrons. The molecule has 9 heteroatoms. The lowest BCUT2D eigenvalue weighted by molar-refractivity contribution is -0.870. The molecule has 0 bridgehead atoms. The van der Waals surface area contributed by atoms with Gasteiger partial charge in [-0.25, -0.2) is 0 Å². The first-order valence-corrected chi connectivity index (χ1v) is 22.4. The Morgan fingerprint density at radius 2 is 1.15 bits per heavy atom. The van der Waals surface area contributed by atoms with Crippen LogP contribution in [-0.4, -0.2) is 68.5 Å². The second kappa shape index (κ2) is 35.2. The maximum atomic E-state index is 12.8. The zero-order chi connectivity index (χ0) is 38.6. The van der Waals surface area contributed by atoms with E-state index in [1.54, 1.807) is 6.08 Å². The van der Waals surface area contributed by atoms with Gasteiger partial charge < -0.3 is 28.8 Å². The van der Waals surface area contributed by atoms with Crippen LogP contribution in [0.2, 0.25) is 0 Å². The van der Waals surface area contributed by atoms with Crippen molar-refractivity contribution in [2.24, 2.45) is 0 Å². The molecule has 3 unspecified atom stereocenters. The number of nitrogens with zero attached hydrogens (tertiary/aromatic N) is 1. The second-order valence-electron chi connectivity index (χ2n) is 15.3. The minimum absolute atomic E-state index is 0.0114. The molecule has 0 aliphatic rings. The fourth-order valence-corrected chi connectivity index (χ4v) is 6.44. The number of hydrogen-bond donors (Lipinski definition) is 2. The van der Waals surface area contributed by atoms with Gasteiger partial charge in [0.1, 0.15) is 13.2 Å². The largest absolute Gasteiger partial charge is 0.756 e. The predicted molar refractivity (Wildman–Crippen MR) is 219 cm³/mol. The molecule has 0 aromatic rings. The second-order valence-corrected chi connectivity index (χ2v) is 16.7. The summed E-state index contributed by atoms with van der Waals surface area (Å²) in [7, 11) is 1.22. The van der Waals surface area contributed by atoms with E-state index in [-0.39, 0.29) is 12.5 Å². The highest BCUT2D eigenvalue weighted by atomic mass is 31.2. The Bertz CT molecular complexity index is 991. The summed E-state index contributed by atoms with van der Waals surface area (Å²) in [6, 6.07) is -0.909. The lowest BCUT2D eigenvalue weighted by Crippen LogP contribution is -2.45. The summed E-state index contributed by atoms with van der Waals surface area (Å²) < 4.78 is 23.0. The van der Waals surface area contributed by atoms with Crippen LogP contribution in [0.4, 0.5) is 0 Å². The topological polar surface area (TPSA) is 108 Å². The van der Waals surface area contributed by atoms with Crippen molar-refractivity contribution in [1.82, 2.24) is 5.32 Å². The third kappa shape index (κ3) is 36.8. The summed E-state index contributed by atoms with van der Waals surface area (Å²) in [5, 5.41) is 13.6. The number of aliphatic hydroxyl groups is 1. The van der Waals surface area contributed by atoms with Crippen molar-refractivity contribution in [3.63, 3.8) is 0 Å². The van der Waals surface area contributed by atoms with Gasteiger partial charge in [0.2, 0.25) is 5.91 Å². The lowest BCUT2D eigenvalue weighted by Gasteiger charge is -2.29. The van der Waals surface area contributed by atoms with Crippen LogP contribution in [-0.2, 0) is 18.4 Å². The van der Waals surface area contributed by atoms with Gasteiger partial charge in [0.05, 0.1) is 39.9 Å². The fourth-order valence-electron chi connectivity index (χ4n) is 5.71. The van der Waals surface area contributed by atoms with Crippen molar-refractivity contribution >= 4 is 13.7 Å². The first-order chi connectivity index (χ1) is 25.0. The normalized spacial score (nSPS) is 15.0. The van der Waals surface area contributed by atoms with Gasteiger partial charge in [-0.15, -0.1) is 0 Å². The number of phosphoric acid groups is 1. The molecule has 0 fully saturated rings. The Hall–Kier alpha value is -1.54. The average molecular weight is 753 g/mol. The van der Waals surface area contributed by atoms with E-state index in [9.17, 15) is 19.4 Å². The number of carbonyl (C=O) groups excluding carboxylic acids is 1. The van der Waals surface area contributed by atoms with Crippen LogP contribution in [0.1, 0.15) is 168 Å². The molecular weight excluding hydrogens is 671 g/mol. The third-order valence-corrected chi connectivity index (χ3v) is 10.0. The van der Waals surface area contributed by atoms with Crippen molar-refractivity contribution in [3.05, 3.63) is 48.6 Å². The maximum Gasteiger partial charge on any atom is 0.268 e. The Kier molecular flexibility index (Phi) is 34.1. The number of amides is 1. The highest BCUT2D eigenvalue weighted by Gasteiger charge is 2.23. The zero-order valence-electron chi connectivity index (χ0n) is 34.2. The van der Waals surface area contributed by atoms with Crippen molar-refractivity contribution in [3.8, 4) is 0 Å². The Morgan fingerprint density at radius 1 is 0.692 bits per heavy atom. The number of nitrogens with one attached hydrogen (secondary N) is 1. The first-order valence-electron chi connectivity index (χ1n) is 21.0. The molecule has 2 N–H and O–H groups in total. The number of likely N-dealkylation sites (N-methyl/N-ethyl adjacent to an activating group) is 1. The molecule has 0 aromatic carbocycles. The quantitative estimate of drug-likeness (QED) is 0.0283. The molecule has 0 aromatic heterocycles. The van der Waals surface area contributed by atoms with Gasteiger partial charge in [-0.1, -0.05) is 145 Å². The molecule has 0 aliphatic carbocycles. The van der Waals surface area contributed by atoms with E-state index in [0.717, 1.165) is 44.9 Å². The minimum atomic E-state index is -4.59. The van der Waals surface area contributed by atoms with Crippen LogP contribution in [0.15, 0.2) is 48.6 Å². The molecule has 0 rings (SSSR count). The van der Waals surface area contributed by atoms with Crippen molar-refractivity contribution in [2.75, 3.05) is 40.9 Å². The predicted octanol–water partition coefficient (Wildman–Crippen LogP) is 10.7. The van der Waals surface area contributed by atoms with E-state index >= 15 is 0 Å². The van der Waals surface area contributed by atoms with E-state index in [4.69, 9.17) is 9.05 Å². The van der Waals surface area contributed by atoms with Gasteiger partial charge in [-0.05, 0) is 64.7 Å². The van der Waals surface area contributed by atoms with Gasteiger partial charge in [0.15, 0.2) is 0 Å². The molecule has 0 aliphatic heterocycles. The molecule has 0 saturated carbocycles. The molecule has 8 nitrogen and oxygen atoms in total. The smallest absolute Gasteiger partial charge is 0.268 e. The SMILES string of the molecule is C/C=C/CC/C=C/CC/C=C/C(O)C(COP(=O)([O-])OCC[N+](C)(C)C)NC(=O)CCCCCCCCC/C=C\CCCCCCCCCCCC.